The van der Waals surface area contributed by atoms with Crippen molar-refractivity contribution in [3.05, 3.63) is 83.2 Å². The summed E-state index contributed by atoms with van der Waals surface area (Å²) in [7, 11) is 0. The Bertz CT molecular complexity index is 933. The zero-order valence-corrected chi connectivity index (χ0v) is 16.0. The quantitative estimate of drug-likeness (QED) is 0.614. The highest BCUT2D eigenvalue weighted by Crippen LogP contribution is 2.25. The van der Waals surface area contributed by atoms with Crippen LogP contribution >= 0.6 is 0 Å². The van der Waals surface area contributed by atoms with Crippen molar-refractivity contribution < 1.29 is 9.53 Å². The maximum Gasteiger partial charge on any atom is 0.257 e. The standard InChI is InChI=1S/C23H24N2O2/c1-4-6-18-11-14-22(17(3)24-18)23(26)25-19-7-5-8-21(15-19)27-20-12-9-16(2)10-13-20/h5,7-15H,4,6H2,1-3H3,(H,25,26). The van der Waals surface area contributed by atoms with Gasteiger partial charge in [-0.1, -0.05) is 37.1 Å². The average Bonchev–Trinajstić information content (AvgIpc) is 2.64. The molecular formula is C23H24N2O2. The number of anilines is 1. The number of hydrogen-bond acceptors (Lipinski definition) is 3. The van der Waals surface area contributed by atoms with Crippen molar-refractivity contribution in [1.29, 1.82) is 0 Å². The molecule has 0 unspecified atom stereocenters. The maximum atomic E-state index is 12.6. The Kier molecular flexibility index (Phi) is 5.87. The number of nitrogens with one attached hydrogen (secondary N) is 1. The fourth-order valence-electron chi connectivity index (χ4n) is 2.83. The number of hydrogen-bond donors (Lipinski definition) is 1. The van der Waals surface area contributed by atoms with Crippen molar-refractivity contribution in [2.45, 2.75) is 33.6 Å². The van der Waals surface area contributed by atoms with Gasteiger partial charge in [0.05, 0.1) is 11.3 Å². The number of aromatic nitrogens is 1. The van der Waals surface area contributed by atoms with Crippen LogP contribution in [-0.2, 0) is 6.42 Å². The number of benzene rings is 2. The van der Waals surface area contributed by atoms with Gasteiger partial charge < -0.3 is 10.1 Å². The number of carbonyl (C=O) groups excluding carboxylic acids is 1. The molecule has 4 heteroatoms. The molecule has 0 aliphatic rings. The van der Waals surface area contributed by atoms with Gasteiger partial charge in [0, 0.05) is 17.4 Å². The normalized spacial score (nSPS) is 10.5. The van der Waals surface area contributed by atoms with Gasteiger partial charge in [0.2, 0.25) is 0 Å². The lowest BCUT2D eigenvalue weighted by molar-refractivity contribution is 0.102. The zero-order chi connectivity index (χ0) is 19.2. The van der Waals surface area contributed by atoms with E-state index in [1.807, 2.05) is 74.5 Å². The first kappa shape index (κ1) is 18.6. The van der Waals surface area contributed by atoms with Crippen molar-refractivity contribution in [2.75, 3.05) is 5.32 Å². The van der Waals surface area contributed by atoms with Crippen LogP contribution in [0, 0.1) is 13.8 Å². The van der Waals surface area contributed by atoms with Gasteiger partial charge in [-0.25, -0.2) is 0 Å². The summed E-state index contributed by atoms with van der Waals surface area (Å²) in [5, 5.41) is 2.93. The van der Waals surface area contributed by atoms with Crippen molar-refractivity contribution in [3.8, 4) is 11.5 Å². The first-order valence-corrected chi connectivity index (χ1v) is 9.17. The summed E-state index contributed by atoms with van der Waals surface area (Å²) >= 11 is 0. The van der Waals surface area contributed by atoms with Gasteiger partial charge in [-0.05, 0) is 56.7 Å². The van der Waals surface area contributed by atoms with Gasteiger partial charge in [0.25, 0.3) is 5.91 Å². The first-order valence-electron chi connectivity index (χ1n) is 9.17. The van der Waals surface area contributed by atoms with Crippen molar-refractivity contribution in [2.24, 2.45) is 0 Å². The van der Waals surface area contributed by atoms with Crippen LogP contribution in [0.25, 0.3) is 0 Å². The second kappa shape index (κ2) is 8.49. The van der Waals surface area contributed by atoms with Crippen molar-refractivity contribution in [1.82, 2.24) is 4.98 Å². The van der Waals surface area contributed by atoms with Gasteiger partial charge >= 0.3 is 0 Å². The highest BCUT2D eigenvalue weighted by atomic mass is 16.5. The molecule has 138 valence electrons. The summed E-state index contributed by atoms with van der Waals surface area (Å²) in [5.74, 6) is 1.26. The number of carbonyl (C=O) groups is 1. The molecule has 0 aliphatic carbocycles. The highest BCUT2D eigenvalue weighted by Gasteiger charge is 2.11. The summed E-state index contributed by atoms with van der Waals surface area (Å²) in [6.45, 7) is 6.01. The second-order valence-corrected chi connectivity index (χ2v) is 6.58. The van der Waals surface area contributed by atoms with Crippen LogP contribution in [0.15, 0.2) is 60.7 Å². The first-order chi connectivity index (χ1) is 13.0. The third-order valence-electron chi connectivity index (χ3n) is 4.24. The van der Waals surface area contributed by atoms with E-state index in [4.69, 9.17) is 4.74 Å². The Labute approximate surface area is 160 Å². The van der Waals surface area contributed by atoms with Crippen LogP contribution in [0.1, 0.15) is 40.7 Å². The van der Waals surface area contributed by atoms with Gasteiger partial charge in [-0.2, -0.15) is 0 Å². The predicted molar refractivity (Wildman–Crippen MR) is 109 cm³/mol. The van der Waals surface area contributed by atoms with E-state index >= 15 is 0 Å². The summed E-state index contributed by atoms with van der Waals surface area (Å²) in [5.41, 5.74) is 4.20. The molecule has 1 N–H and O–H groups in total. The van der Waals surface area contributed by atoms with Gasteiger partial charge in [-0.15, -0.1) is 0 Å². The SMILES string of the molecule is CCCc1ccc(C(=O)Nc2cccc(Oc3ccc(C)cc3)c2)c(C)n1. The molecule has 0 atom stereocenters. The smallest absolute Gasteiger partial charge is 0.257 e. The summed E-state index contributed by atoms with van der Waals surface area (Å²) < 4.78 is 5.86. The third-order valence-corrected chi connectivity index (χ3v) is 4.24. The molecule has 27 heavy (non-hydrogen) atoms. The Morgan fingerprint density at radius 1 is 1.00 bits per heavy atom. The minimum Gasteiger partial charge on any atom is -0.457 e. The minimum absolute atomic E-state index is 0.171. The van der Waals surface area contributed by atoms with E-state index in [-0.39, 0.29) is 5.91 Å². The Morgan fingerprint density at radius 2 is 1.78 bits per heavy atom. The molecule has 4 nitrogen and oxygen atoms in total. The highest BCUT2D eigenvalue weighted by molar-refractivity contribution is 6.05. The Morgan fingerprint density at radius 3 is 2.48 bits per heavy atom. The molecule has 0 radical (unpaired) electrons. The minimum atomic E-state index is -0.171. The van der Waals surface area contributed by atoms with Crippen LogP contribution < -0.4 is 10.1 Å². The van der Waals surface area contributed by atoms with E-state index in [1.165, 1.54) is 5.56 Å². The number of ether oxygens (including phenoxy) is 1. The molecular weight excluding hydrogens is 336 g/mol. The molecule has 0 saturated heterocycles. The monoisotopic (exact) mass is 360 g/mol. The Hall–Kier alpha value is -3.14. The van der Waals surface area contributed by atoms with E-state index in [1.54, 1.807) is 0 Å². The lowest BCUT2D eigenvalue weighted by Gasteiger charge is -2.11. The zero-order valence-electron chi connectivity index (χ0n) is 16.0. The number of pyridine rings is 1. The fraction of sp³-hybridized carbons (Fsp3) is 0.217. The van der Waals surface area contributed by atoms with Crippen LogP contribution in [0.2, 0.25) is 0 Å². The van der Waals surface area contributed by atoms with Crippen LogP contribution in [0.3, 0.4) is 0 Å². The van der Waals surface area contributed by atoms with Crippen LogP contribution in [0.4, 0.5) is 5.69 Å². The Balaban J connectivity index is 1.72. The van der Waals surface area contributed by atoms with Crippen molar-refractivity contribution >= 4 is 11.6 Å². The maximum absolute atomic E-state index is 12.6. The van der Waals surface area contributed by atoms with E-state index < -0.39 is 0 Å². The van der Waals surface area contributed by atoms with Gasteiger partial charge in [-0.3, -0.25) is 9.78 Å². The third kappa shape index (κ3) is 4.94. The van der Waals surface area contributed by atoms with Crippen LogP contribution in [0.5, 0.6) is 11.5 Å². The number of aryl methyl sites for hydroxylation is 3. The van der Waals surface area contributed by atoms with Gasteiger partial charge in [0.15, 0.2) is 0 Å². The average molecular weight is 360 g/mol. The van der Waals surface area contributed by atoms with Gasteiger partial charge in [0.1, 0.15) is 11.5 Å². The topological polar surface area (TPSA) is 51.2 Å². The molecule has 0 spiro atoms. The molecule has 2 aromatic carbocycles. The van der Waals surface area contributed by atoms with Crippen molar-refractivity contribution in [3.63, 3.8) is 0 Å². The lowest BCUT2D eigenvalue weighted by Crippen LogP contribution is -2.14. The fourth-order valence-corrected chi connectivity index (χ4v) is 2.83. The summed E-state index contributed by atoms with van der Waals surface area (Å²) in [6.07, 6.45) is 1.95. The predicted octanol–water partition coefficient (Wildman–Crippen LogP) is 5.70. The molecule has 0 fully saturated rings. The number of nitrogens with zero attached hydrogens (tertiary/aromatic N) is 1. The molecule has 0 aliphatic heterocycles. The molecule has 3 aromatic rings. The molecule has 1 heterocycles. The number of amides is 1. The molecule has 0 bridgehead atoms. The molecule has 3 rings (SSSR count). The molecule has 1 amide bonds. The second-order valence-electron chi connectivity index (χ2n) is 6.58. The van der Waals surface area contributed by atoms with Crippen LogP contribution in [-0.4, -0.2) is 10.9 Å². The largest absolute Gasteiger partial charge is 0.457 e. The summed E-state index contributed by atoms with van der Waals surface area (Å²) in [4.78, 5) is 17.1. The summed E-state index contributed by atoms with van der Waals surface area (Å²) in [6, 6.07) is 19.0. The lowest BCUT2D eigenvalue weighted by atomic mass is 10.1. The van der Waals surface area contributed by atoms with E-state index in [0.29, 0.717) is 17.0 Å². The molecule has 1 aromatic heterocycles. The molecule has 0 saturated carbocycles. The number of rotatable bonds is 6. The van der Waals surface area contributed by atoms with E-state index in [0.717, 1.165) is 30.0 Å². The van der Waals surface area contributed by atoms with E-state index in [2.05, 4.69) is 17.2 Å². The van der Waals surface area contributed by atoms with E-state index in [9.17, 15) is 4.79 Å².